The van der Waals surface area contributed by atoms with Crippen LogP contribution in [0.15, 0.2) is 78.9 Å². The molecule has 5 rings (SSSR count). The Bertz CT molecular complexity index is 1240. The summed E-state index contributed by atoms with van der Waals surface area (Å²) in [5.41, 5.74) is 5.95. The Labute approximate surface area is 174 Å². The summed E-state index contributed by atoms with van der Waals surface area (Å²) in [6.45, 7) is 0. The summed E-state index contributed by atoms with van der Waals surface area (Å²) in [7, 11) is 0. The molecule has 5 heteroatoms. The highest BCUT2D eigenvalue weighted by molar-refractivity contribution is 6.05. The van der Waals surface area contributed by atoms with Gasteiger partial charge in [-0.25, -0.2) is 9.97 Å². The van der Waals surface area contributed by atoms with Gasteiger partial charge < -0.3 is 10.4 Å². The number of hydrogen-bond acceptors (Lipinski definition) is 4. The van der Waals surface area contributed by atoms with Crippen molar-refractivity contribution >= 4 is 11.7 Å². The van der Waals surface area contributed by atoms with E-state index in [-0.39, 0.29) is 11.7 Å². The Kier molecular flexibility index (Phi) is 4.48. The van der Waals surface area contributed by atoms with Gasteiger partial charge in [-0.15, -0.1) is 0 Å². The maximum Gasteiger partial charge on any atom is 0.256 e. The highest BCUT2D eigenvalue weighted by atomic mass is 16.3. The molecule has 1 amide bonds. The molecule has 146 valence electrons. The van der Waals surface area contributed by atoms with Gasteiger partial charge in [-0.3, -0.25) is 4.79 Å². The third kappa shape index (κ3) is 3.31. The van der Waals surface area contributed by atoms with Crippen molar-refractivity contribution in [3.63, 3.8) is 0 Å². The largest absolute Gasteiger partial charge is 0.508 e. The SMILES string of the molecule is O=C(Nc1nc2c(nc1-c1ccc(O)cc1)-c1ccccc1CC2)c1ccccc1. The maximum absolute atomic E-state index is 12.8. The molecular formula is C25H19N3O2. The van der Waals surface area contributed by atoms with Crippen molar-refractivity contribution in [2.75, 3.05) is 5.32 Å². The van der Waals surface area contributed by atoms with E-state index in [1.807, 2.05) is 30.3 Å². The van der Waals surface area contributed by atoms with Gasteiger partial charge >= 0.3 is 0 Å². The first-order valence-corrected chi connectivity index (χ1v) is 9.84. The van der Waals surface area contributed by atoms with Crippen LogP contribution in [0.2, 0.25) is 0 Å². The van der Waals surface area contributed by atoms with Crippen molar-refractivity contribution in [3.05, 3.63) is 95.7 Å². The van der Waals surface area contributed by atoms with Crippen molar-refractivity contribution in [1.29, 1.82) is 0 Å². The number of aromatic hydroxyl groups is 1. The van der Waals surface area contributed by atoms with Crippen LogP contribution in [0.25, 0.3) is 22.5 Å². The smallest absolute Gasteiger partial charge is 0.256 e. The van der Waals surface area contributed by atoms with Crippen LogP contribution >= 0.6 is 0 Å². The highest BCUT2D eigenvalue weighted by Crippen LogP contribution is 2.36. The number of phenolic OH excluding ortho intramolecular Hbond substituents is 1. The first-order valence-electron chi connectivity index (χ1n) is 9.84. The average Bonchev–Trinajstić information content (AvgIpc) is 2.80. The van der Waals surface area contributed by atoms with Gasteiger partial charge in [-0.05, 0) is 54.8 Å². The Hall–Kier alpha value is -3.99. The molecule has 3 aromatic carbocycles. The third-order valence-electron chi connectivity index (χ3n) is 5.28. The summed E-state index contributed by atoms with van der Waals surface area (Å²) < 4.78 is 0. The summed E-state index contributed by atoms with van der Waals surface area (Å²) in [4.78, 5) is 22.6. The van der Waals surface area contributed by atoms with Gasteiger partial charge in [0.05, 0.1) is 11.4 Å². The Balaban J connectivity index is 1.64. The Morgan fingerprint density at radius 3 is 2.33 bits per heavy atom. The fourth-order valence-corrected chi connectivity index (χ4v) is 3.76. The van der Waals surface area contributed by atoms with Crippen LogP contribution in [0.3, 0.4) is 0 Å². The van der Waals surface area contributed by atoms with Crippen LogP contribution in [0.4, 0.5) is 5.82 Å². The lowest BCUT2D eigenvalue weighted by atomic mass is 9.91. The van der Waals surface area contributed by atoms with Crippen LogP contribution < -0.4 is 5.32 Å². The number of carbonyl (C=O) groups excluding carboxylic acids is 1. The maximum atomic E-state index is 12.8. The molecule has 1 aliphatic rings. The van der Waals surface area contributed by atoms with Gasteiger partial charge in [0.25, 0.3) is 5.91 Å². The number of aryl methyl sites for hydroxylation is 2. The van der Waals surface area contributed by atoms with Crippen molar-refractivity contribution in [2.45, 2.75) is 12.8 Å². The number of nitrogens with one attached hydrogen (secondary N) is 1. The second kappa shape index (κ2) is 7.44. The number of rotatable bonds is 3. The van der Waals surface area contributed by atoms with E-state index in [0.29, 0.717) is 17.1 Å². The van der Waals surface area contributed by atoms with E-state index in [1.165, 1.54) is 5.56 Å². The lowest BCUT2D eigenvalue weighted by Crippen LogP contribution is -2.17. The number of hydrogen-bond donors (Lipinski definition) is 2. The molecule has 0 saturated carbocycles. The lowest BCUT2D eigenvalue weighted by molar-refractivity contribution is 0.102. The second-order valence-corrected chi connectivity index (χ2v) is 7.24. The summed E-state index contributed by atoms with van der Waals surface area (Å²) in [5, 5.41) is 12.6. The Morgan fingerprint density at radius 2 is 1.53 bits per heavy atom. The molecule has 1 aliphatic carbocycles. The number of phenols is 1. The van der Waals surface area contributed by atoms with Gasteiger partial charge in [0, 0.05) is 16.7 Å². The standard InChI is InChI=1S/C25H19N3O2/c29-19-13-10-17(11-14-19)22-24(28-25(30)18-7-2-1-3-8-18)26-21-15-12-16-6-4-5-9-20(16)23(21)27-22/h1-11,13-14,29H,12,15H2,(H,26,28,30). The fourth-order valence-electron chi connectivity index (χ4n) is 3.76. The number of nitrogens with zero attached hydrogens (tertiary/aromatic N) is 2. The van der Waals surface area contributed by atoms with Crippen LogP contribution in [-0.4, -0.2) is 21.0 Å². The average molecular weight is 393 g/mol. The van der Waals surface area contributed by atoms with Crippen molar-refractivity contribution in [2.24, 2.45) is 0 Å². The molecule has 1 heterocycles. The second-order valence-electron chi connectivity index (χ2n) is 7.24. The van der Waals surface area contributed by atoms with Crippen molar-refractivity contribution < 1.29 is 9.90 Å². The number of benzene rings is 3. The lowest BCUT2D eigenvalue weighted by Gasteiger charge is -2.21. The molecule has 0 aliphatic heterocycles. The Morgan fingerprint density at radius 1 is 0.800 bits per heavy atom. The van der Waals surface area contributed by atoms with E-state index >= 15 is 0 Å². The highest BCUT2D eigenvalue weighted by Gasteiger charge is 2.23. The van der Waals surface area contributed by atoms with E-state index in [1.54, 1.807) is 36.4 Å². The third-order valence-corrected chi connectivity index (χ3v) is 5.28. The first-order chi connectivity index (χ1) is 14.7. The number of aromatic nitrogens is 2. The first kappa shape index (κ1) is 18.1. The number of fused-ring (bicyclic) bond motifs is 3. The van der Waals surface area contributed by atoms with Gasteiger partial charge in [0.2, 0.25) is 0 Å². The molecule has 0 radical (unpaired) electrons. The summed E-state index contributed by atoms with van der Waals surface area (Å²) >= 11 is 0. The van der Waals surface area contributed by atoms with Crippen LogP contribution in [0.5, 0.6) is 5.75 Å². The van der Waals surface area contributed by atoms with Crippen LogP contribution in [0.1, 0.15) is 21.6 Å². The van der Waals surface area contributed by atoms with Gasteiger partial charge in [-0.2, -0.15) is 0 Å². The molecule has 0 bridgehead atoms. The zero-order valence-corrected chi connectivity index (χ0v) is 16.2. The topological polar surface area (TPSA) is 75.1 Å². The summed E-state index contributed by atoms with van der Waals surface area (Å²) in [6, 6.07) is 24.0. The quantitative estimate of drug-likeness (QED) is 0.521. The minimum absolute atomic E-state index is 0.171. The predicted molar refractivity (Wildman–Crippen MR) is 116 cm³/mol. The van der Waals surface area contributed by atoms with Gasteiger partial charge in [0.15, 0.2) is 5.82 Å². The molecule has 2 N–H and O–H groups in total. The number of carbonyl (C=O) groups is 1. The van der Waals surface area contributed by atoms with E-state index in [0.717, 1.165) is 35.4 Å². The van der Waals surface area contributed by atoms with E-state index < -0.39 is 0 Å². The molecular weight excluding hydrogens is 374 g/mol. The summed E-state index contributed by atoms with van der Waals surface area (Å²) in [6.07, 6.45) is 1.66. The molecule has 1 aromatic heterocycles. The normalized spacial score (nSPS) is 12.0. The molecule has 0 saturated heterocycles. The predicted octanol–water partition coefficient (Wildman–Crippen LogP) is 4.87. The molecule has 0 spiro atoms. The molecule has 30 heavy (non-hydrogen) atoms. The van der Waals surface area contributed by atoms with E-state index in [9.17, 15) is 9.90 Å². The van der Waals surface area contributed by atoms with Crippen LogP contribution in [-0.2, 0) is 12.8 Å². The summed E-state index contributed by atoms with van der Waals surface area (Å²) in [5.74, 6) is 0.360. The van der Waals surface area contributed by atoms with Crippen LogP contribution in [0, 0.1) is 0 Å². The fraction of sp³-hybridized carbons (Fsp3) is 0.0800. The molecule has 0 unspecified atom stereocenters. The zero-order chi connectivity index (χ0) is 20.5. The zero-order valence-electron chi connectivity index (χ0n) is 16.2. The molecule has 4 aromatic rings. The van der Waals surface area contributed by atoms with E-state index in [4.69, 9.17) is 9.97 Å². The number of anilines is 1. The molecule has 0 fully saturated rings. The monoisotopic (exact) mass is 393 g/mol. The van der Waals surface area contributed by atoms with Crippen molar-refractivity contribution in [1.82, 2.24) is 9.97 Å². The number of amides is 1. The minimum atomic E-state index is -0.235. The molecule has 5 nitrogen and oxygen atoms in total. The van der Waals surface area contributed by atoms with E-state index in [2.05, 4.69) is 17.4 Å². The van der Waals surface area contributed by atoms with Crippen molar-refractivity contribution in [3.8, 4) is 28.3 Å². The minimum Gasteiger partial charge on any atom is -0.508 e. The van der Waals surface area contributed by atoms with Gasteiger partial charge in [0.1, 0.15) is 11.4 Å². The molecule has 0 atom stereocenters. The van der Waals surface area contributed by atoms with Gasteiger partial charge in [-0.1, -0.05) is 42.5 Å².